The van der Waals surface area contributed by atoms with E-state index >= 15 is 0 Å². The fourth-order valence-electron chi connectivity index (χ4n) is 1.61. The molecule has 0 radical (unpaired) electrons. The molecule has 1 amide bonds. The molecule has 2 aromatic rings. The van der Waals surface area contributed by atoms with Crippen molar-refractivity contribution in [3.63, 3.8) is 0 Å². The van der Waals surface area contributed by atoms with Gasteiger partial charge in [0.1, 0.15) is 11.5 Å². The van der Waals surface area contributed by atoms with E-state index in [0.717, 1.165) is 4.90 Å². The van der Waals surface area contributed by atoms with Crippen molar-refractivity contribution in [3.05, 3.63) is 47.1 Å². The van der Waals surface area contributed by atoms with Crippen molar-refractivity contribution in [2.45, 2.75) is 4.90 Å². The zero-order chi connectivity index (χ0) is 14.5. The van der Waals surface area contributed by atoms with Gasteiger partial charge in [0.15, 0.2) is 0 Å². The number of nitrogens with one attached hydrogen (secondary N) is 2. The molecule has 0 aliphatic rings. The molecular formula is C14H14ClN3OS. The van der Waals surface area contributed by atoms with Crippen LogP contribution in [0.5, 0.6) is 0 Å². The number of pyridine rings is 1. The van der Waals surface area contributed by atoms with Gasteiger partial charge in [-0.15, -0.1) is 11.8 Å². The third-order valence-electron chi connectivity index (χ3n) is 2.67. The first-order valence-electron chi connectivity index (χ1n) is 5.93. The van der Waals surface area contributed by atoms with E-state index in [4.69, 9.17) is 11.6 Å². The standard InChI is InChI=1S/C14H14ClN3OS/c1-16-12-8-7-11(15)13(18-12)14(19)17-9-3-5-10(20-2)6-4-9/h3-8H,1-2H3,(H,16,18)(H,17,19). The highest BCUT2D eigenvalue weighted by atomic mass is 35.5. The van der Waals surface area contributed by atoms with Crippen molar-refractivity contribution in [1.82, 2.24) is 4.98 Å². The SMILES string of the molecule is CNc1ccc(Cl)c(C(=O)Nc2ccc(SC)cc2)n1. The molecule has 104 valence electrons. The van der Waals surface area contributed by atoms with Gasteiger partial charge in [0, 0.05) is 17.6 Å². The third-order valence-corrected chi connectivity index (χ3v) is 3.71. The number of carbonyl (C=O) groups is 1. The maximum Gasteiger partial charge on any atom is 0.275 e. The van der Waals surface area contributed by atoms with Crippen LogP contribution in [0.2, 0.25) is 5.02 Å². The number of amides is 1. The lowest BCUT2D eigenvalue weighted by Crippen LogP contribution is -2.15. The number of aromatic nitrogens is 1. The minimum Gasteiger partial charge on any atom is -0.373 e. The van der Waals surface area contributed by atoms with E-state index in [1.165, 1.54) is 0 Å². The maximum atomic E-state index is 12.2. The minimum absolute atomic E-state index is 0.201. The molecule has 4 nitrogen and oxygen atoms in total. The van der Waals surface area contributed by atoms with Crippen molar-refractivity contribution in [3.8, 4) is 0 Å². The van der Waals surface area contributed by atoms with Crippen LogP contribution < -0.4 is 10.6 Å². The van der Waals surface area contributed by atoms with Crippen LogP contribution in [0.3, 0.4) is 0 Å². The molecule has 0 unspecified atom stereocenters. The first-order valence-corrected chi connectivity index (χ1v) is 7.54. The number of thioether (sulfide) groups is 1. The Kier molecular flexibility index (Phi) is 4.87. The van der Waals surface area contributed by atoms with Gasteiger partial charge in [-0.1, -0.05) is 11.6 Å². The first-order chi connectivity index (χ1) is 9.63. The lowest BCUT2D eigenvalue weighted by Gasteiger charge is -2.08. The summed E-state index contributed by atoms with van der Waals surface area (Å²) in [5.41, 5.74) is 0.910. The van der Waals surface area contributed by atoms with Crippen LogP contribution in [0, 0.1) is 0 Å². The summed E-state index contributed by atoms with van der Waals surface area (Å²) in [6, 6.07) is 10.9. The smallest absolute Gasteiger partial charge is 0.275 e. The highest BCUT2D eigenvalue weighted by molar-refractivity contribution is 7.98. The Balaban J connectivity index is 2.18. The number of hydrogen-bond acceptors (Lipinski definition) is 4. The van der Waals surface area contributed by atoms with E-state index in [1.54, 1.807) is 30.9 Å². The van der Waals surface area contributed by atoms with Crippen molar-refractivity contribution < 1.29 is 4.79 Å². The summed E-state index contributed by atoms with van der Waals surface area (Å²) >= 11 is 7.65. The van der Waals surface area contributed by atoms with Gasteiger partial charge >= 0.3 is 0 Å². The van der Waals surface area contributed by atoms with Gasteiger partial charge in [-0.2, -0.15) is 0 Å². The Hall–Kier alpha value is -1.72. The number of anilines is 2. The molecule has 0 aliphatic carbocycles. The second-order valence-corrected chi connectivity index (χ2v) is 5.25. The molecular weight excluding hydrogens is 294 g/mol. The molecule has 1 aromatic carbocycles. The van der Waals surface area contributed by atoms with Gasteiger partial charge in [-0.25, -0.2) is 4.98 Å². The molecule has 0 saturated heterocycles. The molecule has 1 heterocycles. The van der Waals surface area contributed by atoms with Crippen LogP contribution in [0.15, 0.2) is 41.3 Å². The molecule has 0 bridgehead atoms. The van der Waals surface area contributed by atoms with Crippen LogP contribution in [-0.4, -0.2) is 24.2 Å². The number of hydrogen-bond donors (Lipinski definition) is 2. The van der Waals surface area contributed by atoms with Gasteiger partial charge < -0.3 is 10.6 Å². The average Bonchev–Trinajstić information content (AvgIpc) is 2.48. The Bertz CT molecular complexity index is 616. The van der Waals surface area contributed by atoms with Crippen LogP contribution in [0.1, 0.15) is 10.5 Å². The number of benzene rings is 1. The second kappa shape index (κ2) is 6.63. The van der Waals surface area contributed by atoms with E-state index in [0.29, 0.717) is 16.5 Å². The molecule has 0 spiro atoms. The quantitative estimate of drug-likeness (QED) is 0.845. The summed E-state index contributed by atoms with van der Waals surface area (Å²) in [7, 11) is 1.74. The largest absolute Gasteiger partial charge is 0.373 e. The third kappa shape index (κ3) is 3.43. The van der Waals surface area contributed by atoms with E-state index < -0.39 is 0 Å². The van der Waals surface area contributed by atoms with Crippen molar-refractivity contribution in [2.24, 2.45) is 0 Å². The predicted molar refractivity (Wildman–Crippen MR) is 85.0 cm³/mol. The molecule has 2 N–H and O–H groups in total. The van der Waals surface area contributed by atoms with Gasteiger partial charge in [0.25, 0.3) is 5.91 Å². The topological polar surface area (TPSA) is 54.0 Å². The lowest BCUT2D eigenvalue weighted by molar-refractivity contribution is 0.102. The fraction of sp³-hybridized carbons (Fsp3) is 0.143. The lowest BCUT2D eigenvalue weighted by atomic mass is 10.3. The molecule has 2 rings (SSSR count). The fourth-order valence-corrected chi connectivity index (χ4v) is 2.20. The van der Waals surface area contributed by atoms with Crippen LogP contribution in [0.4, 0.5) is 11.5 Å². The number of nitrogens with zero attached hydrogens (tertiary/aromatic N) is 1. The second-order valence-electron chi connectivity index (χ2n) is 3.96. The molecule has 0 saturated carbocycles. The van der Waals surface area contributed by atoms with Crippen molar-refractivity contribution >= 4 is 40.8 Å². The number of carbonyl (C=O) groups excluding carboxylic acids is 1. The van der Waals surface area contributed by atoms with Crippen molar-refractivity contribution in [2.75, 3.05) is 23.9 Å². The van der Waals surface area contributed by atoms with Crippen LogP contribution >= 0.6 is 23.4 Å². The summed E-state index contributed by atoms with van der Waals surface area (Å²) in [4.78, 5) is 17.5. The molecule has 0 aliphatic heterocycles. The molecule has 0 atom stereocenters. The van der Waals surface area contributed by atoms with E-state index in [-0.39, 0.29) is 11.6 Å². The summed E-state index contributed by atoms with van der Waals surface area (Å²) in [5.74, 6) is 0.265. The molecule has 1 aromatic heterocycles. The van der Waals surface area contributed by atoms with Gasteiger partial charge in [0.05, 0.1) is 5.02 Å². The molecule has 20 heavy (non-hydrogen) atoms. The molecule has 0 fully saturated rings. The average molecular weight is 308 g/mol. The summed E-state index contributed by atoms with van der Waals surface area (Å²) in [6.45, 7) is 0. The van der Waals surface area contributed by atoms with E-state index in [1.807, 2.05) is 30.5 Å². The monoisotopic (exact) mass is 307 g/mol. The van der Waals surface area contributed by atoms with E-state index in [9.17, 15) is 4.79 Å². The summed E-state index contributed by atoms with van der Waals surface area (Å²) < 4.78 is 0. The van der Waals surface area contributed by atoms with Crippen LogP contribution in [0.25, 0.3) is 0 Å². The highest BCUT2D eigenvalue weighted by Crippen LogP contribution is 2.20. The first kappa shape index (κ1) is 14.7. The zero-order valence-electron chi connectivity index (χ0n) is 11.1. The molecule has 6 heteroatoms. The zero-order valence-corrected chi connectivity index (χ0v) is 12.7. The van der Waals surface area contributed by atoms with Crippen LogP contribution in [-0.2, 0) is 0 Å². The highest BCUT2D eigenvalue weighted by Gasteiger charge is 2.13. The Morgan fingerprint density at radius 2 is 1.90 bits per heavy atom. The predicted octanol–water partition coefficient (Wildman–Crippen LogP) is 3.75. The summed E-state index contributed by atoms with van der Waals surface area (Å²) in [6.07, 6.45) is 2.00. The summed E-state index contributed by atoms with van der Waals surface area (Å²) in [5, 5.41) is 5.98. The van der Waals surface area contributed by atoms with Crippen molar-refractivity contribution in [1.29, 1.82) is 0 Å². The maximum absolute atomic E-state index is 12.2. The van der Waals surface area contributed by atoms with Gasteiger partial charge in [-0.3, -0.25) is 4.79 Å². The normalized spacial score (nSPS) is 10.2. The minimum atomic E-state index is -0.330. The Morgan fingerprint density at radius 1 is 1.20 bits per heavy atom. The Morgan fingerprint density at radius 3 is 2.50 bits per heavy atom. The van der Waals surface area contributed by atoms with Gasteiger partial charge in [-0.05, 0) is 42.7 Å². The Labute approximate surface area is 126 Å². The number of rotatable bonds is 4. The number of halogens is 1. The van der Waals surface area contributed by atoms with E-state index in [2.05, 4.69) is 15.6 Å². The van der Waals surface area contributed by atoms with Gasteiger partial charge in [0.2, 0.25) is 0 Å².